The number of benzene rings is 2. The quantitative estimate of drug-likeness (QED) is 0.782. The molecule has 2 rings (SSSR count). The molecule has 1 atom stereocenters. The zero-order chi connectivity index (χ0) is 15.8. The van der Waals surface area contributed by atoms with Crippen molar-refractivity contribution >= 4 is 5.97 Å². The zero-order valence-electron chi connectivity index (χ0n) is 13.2. The molecule has 22 heavy (non-hydrogen) atoms. The van der Waals surface area contributed by atoms with E-state index in [9.17, 15) is 4.79 Å². The van der Waals surface area contributed by atoms with Crippen LogP contribution < -0.4 is 5.32 Å². The van der Waals surface area contributed by atoms with E-state index in [2.05, 4.69) is 36.5 Å². The predicted molar refractivity (Wildman–Crippen MR) is 88.7 cm³/mol. The Morgan fingerprint density at radius 2 is 1.77 bits per heavy atom. The van der Waals surface area contributed by atoms with Crippen LogP contribution in [0.2, 0.25) is 0 Å². The number of hydrogen-bond acceptors (Lipinski definition) is 3. The lowest BCUT2D eigenvalue weighted by Gasteiger charge is -2.18. The molecule has 2 aromatic carbocycles. The third kappa shape index (κ3) is 4.43. The molecular weight excluding hydrogens is 274 g/mol. The number of esters is 1. The summed E-state index contributed by atoms with van der Waals surface area (Å²) in [7, 11) is 1.40. The van der Waals surface area contributed by atoms with E-state index in [1.807, 2.05) is 18.2 Å². The van der Waals surface area contributed by atoms with Gasteiger partial charge in [0.05, 0.1) is 12.7 Å². The number of nitrogens with one attached hydrogen (secondary N) is 1. The Kier molecular flexibility index (Phi) is 6.16. The molecule has 0 amide bonds. The second-order valence-electron chi connectivity index (χ2n) is 5.32. The van der Waals surface area contributed by atoms with Gasteiger partial charge in [-0.05, 0) is 29.7 Å². The van der Waals surface area contributed by atoms with Crippen LogP contribution in [-0.4, -0.2) is 13.1 Å². The molecule has 0 bridgehead atoms. The average molecular weight is 297 g/mol. The Morgan fingerprint density at radius 3 is 2.36 bits per heavy atom. The largest absolute Gasteiger partial charge is 0.465 e. The van der Waals surface area contributed by atoms with Crippen molar-refractivity contribution < 1.29 is 9.53 Å². The number of hydrogen-bond donors (Lipinski definition) is 1. The first-order chi connectivity index (χ1) is 10.7. The number of rotatable bonds is 7. The molecule has 0 aromatic heterocycles. The summed E-state index contributed by atoms with van der Waals surface area (Å²) in [5.74, 6) is -0.298. The minimum Gasteiger partial charge on any atom is -0.465 e. The summed E-state index contributed by atoms with van der Waals surface area (Å²) in [6.45, 7) is 2.98. The molecule has 0 fully saturated rings. The highest BCUT2D eigenvalue weighted by Crippen LogP contribution is 2.19. The van der Waals surface area contributed by atoms with E-state index in [0.29, 0.717) is 11.6 Å². The minimum absolute atomic E-state index is 0.298. The SMILES string of the molecule is CCCC(NCc1ccc(C(=O)OC)cc1)c1ccccc1. The van der Waals surface area contributed by atoms with Crippen LogP contribution in [0.15, 0.2) is 54.6 Å². The maximum absolute atomic E-state index is 11.4. The van der Waals surface area contributed by atoms with Crippen molar-refractivity contribution in [2.75, 3.05) is 7.11 Å². The Labute approximate surface area is 132 Å². The molecule has 3 heteroatoms. The van der Waals surface area contributed by atoms with Gasteiger partial charge >= 0.3 is 5.97 Å². The Bertz CT molecular complexity index is 578. The van der Waals surface area contributed by atoms with Gasteiger partial charge in [0.15, 0.2) is 0 Å². The lowest BCUT2D eigenvalue weighted by atomic mass is 10.0. The second-order valence-corrected chi connectivity index (χ2v) is 5.32. The Balaban J connectivity index is 1.99. The van der Waals surface area contributed by atoms with E-state index in [0.717, 1.165) is 24.9 Å². The van der Waals surface area contributed by atoms with Crippen LogP contribution in [0.5, 0.6) is 0 Å². The van der Waals surface area contributed by atoms with Gasteiger partial charge in [-0.1, -0.05) is 55.8 Å². The first-order valence-electron chi connectivity index (χ1n) is 7.70. The van der Waals surface area contributed by atoms with Crippen LogP contribution in [0.1, 0.15) is 47.3 Å². The molecule has 116 valence electrons. The second kappa shape index (κ2) is 8.35. The Hall–Kier alpha value is -2.13. The number of methoxy groups -OCH3 is 1. The normalized spacial score (nSPS) is 11.9. The molecule has 1 N–H and O–H groups in total. The summed E-state index contributed by atoms with van der Waals surface area (Å²) in [5.41, 5.74) is 3.06. The van der Waals surface area contributed by atoms with Gasteiger partial charge in [-0.3, -0.25) is 0 Å². The smallest absolute Gasteiger partial charge is 0.337 e. The van der Waals surface area contributed by atoms with Crippen LogP contribution in [0.25, 0.3) is 0 Å². The molecule has 0 spiro atoms. The van der Waals surface area contributed by atoms with Gasteiger partial charge in [-0.15, -0.1) is 0 Å². The fraction of sp³-hybridized carbons (Fsp3) is 0.316. The van der Waals surface area contributed by atoms with Gasteiger partial charge in [0, 0.05) is 12.6 Å². The summed E-state index contributed by atoms with van der Waals surface area (Å²) < 4.78 is 4.71. The monoisotopic (exact) mass is 297 g/mol. The van der Waals surface area contributed by atoms with Gasteiger partial charge in [0.1, 0.15) is 0 Å². The van der Waals surface area contributed by atoms with Gasteiger partial charge in [0.25, 0.3) is 0 Å². The average Bonchev–Trinajstić information content (AvgIpc) is 2.59. The van der Waals surface area contributed by atoms with E-state index in [1.165, 1.54) is 12.7 Å². The summed E-state index contributed by atoms with van der Waals surface area (Å²) >= 11 is 0. The molecule has 0 heterocycles. The third-order valence-electron chi connectivity index (χ3n) is 3.71. The van der Waals surface area contributed by atoms with E-state index < -0.39 is 0 Å². The minimum atomic E-state index is -0.298. The molecule has 0 saturated carbocycles. The molecule has 0 aliphatic carbocycles. The van der Waals surface area contributed by atoms with E-state index >= 15 is 0 Å². The predicted octanol–water partition coefficient (Wildman–Crippen LogP) is 4.10. The highest BCUT2D eigenvalue weighted by Gasteiger charge is 2.10. The standard InChI is InChI=1S/C19H23NO2/c1-3-7-18(16-8-5-4-6-9-16)20-14-15-10-12-17(13-11-15)19(21)22-2/h4-6,8-13,18,20H,3,7,14H2,1-2H3. The molecule has 0 saturated heterocycles. The highest BCUT2D eigenvalue weighted by molar-refractivity contribution is 5.89. The van der Waals surface area contributed by atoms with Crippen LogP contribution >= 0.6 is 0 Å². The number of carbonyl (C=O) groups excluding carboxylic acids is 1. The maximum atomic E-state index is 11.4. The van der Waals surface area contributed by atoms with Crippen molar-refractivity contribution in [1.29, 1.82) is 0 Å². The first-order valence-corrected chi connectivity index (χ1v) is 7.70. The number of carbonyl (C=O) groups is 1. The topological polar surface area (TPSA) is 38.3 Å². The van der Waals surface area contributed by atoms with Crippen molar-refractivity contribution in [1.82, 2.24) is 5.32 Å². The molecular formula is C19H23NO2. The summed E-state index contributed by atoms with van der Waals surface area (Å²) in [6.07, 6.45) is 2.23. The fourth-order valence-corrected chi connectivity index (χ4v) is 2.48. The van der Waals surface area contributed by atoms with E-state index in [4.69, 9.17) is 4.74 Å². The molecule has 0 aliphatic heterocycles. The highest BCUT2D eigenvalue weighted by atomic mass is 16.5. The van der Waals surface area contributed by atoms with Crippen LogP contribution in [0.4, 0.5) is 0 Å². The van der Waals surface area contributed by atoms with E-state index in [-0.39, 0.29) is 5.97 Å². The van der Waals surface area contributed by atoms with Crippen LogP contribution in [0.3, 0.4) is 0 Å². The molecule has 3 nitrogen and oxygen atoms in total. The van der Waals surface area contributed by atoms with Crippen molar-refractivity contribution in [2.45, 2.75) is 32.4 Å². The summed E-state index contributed by atoms with van der Waals surface area (Å²) in [4.78, 5) is 11.4. The van der Waals surface area contributed by atoms with Crippen molar-refractivity contribution in [3.8, 4) is 0 Å². The first kappa shape index (κ1) is 16.2. The Morgan fingerprint density at radius 1 is 1.09 bits per heavy atom. The zero-order valence-corrected chi connectivity index (χ0v) is 13.2. The maximum Gasteiger partial charge on any atom is 0.337 e. The van der Waals surface area contributed by atoms with Gasteiger partial charge in [0.2, 0.25) is 0 Å². The van der Waals surface area contributed by atoms with Gasteiger partial charge in [-0.2, -0.15) is 0 Å². The van der Waals surface area contributed by atoms with Crippen molar-refractivity contribution in [3.05, 3.63) is 71.3 Å². The summed E-state index contributed by atoms with van der Waals surface area (Å²) in [5, 5.41) is 3.60. The van der Waals surface area contributed by atoms with Crippen LogP contribution in [0, 0.1) is 0 Å². The van der Waals surface area contributed by atoms with E-state index in [1.54, 1.807) is 12.1 Å². The lowest BCUT2D eigenvalue weighted by Crippen LogP contribution is -2.20. The molecule has 0 aliphatic rings. The summed E-state index contributed by atoms with van der Waals surface area (Å²) in [6, 6.07) is 18.4. The van der Waals surface area contributed by atoms with Gasteiger partial charge in [-0.25, -0.2) is 4.79 Å². The number of ether oxygens (including phenoxy) is 1. The van der Waals surface area contributed by atoms with Crippen LogP contribution in [-0.2, 0) is 11.3 Å². The van der Waals surface area contributed by atoms with Crippen molar-refractivity contribution in [2.24, 2.45) is 0 Å². The third-order valence-corrected chi connectivity index (χ3v) is 3.71. The fourth-order valence-electron chi connectivity index (χ4n) is 2.48. The van der Waals surface area contributed by atoms with Gasteiger partial charge < -0.3 is 10.1 Å². The molecule has 0 radical (unpaired) electrons. The van der Waals surface area contributed by atoms with Crippen molar-refractivity contribution in [3.63, 3.8) is 0 Å². The lowest BCUT2D eigenvalue weighted by molar-refractivity contribution is 0.0600. The molecule has 1 unspecified atom stereocenters. The molecule has 2 aromatic rings.